The van der Waals surface area contributed by atoms with Gasteiger partial charge >= 0.3 is 6.18 Å². The van der Waals surface area contributed by atoms with Crippen molar-refractivity contribution >= 4 is 22.8 Å². The average Bonchev–Trinajstić information content (AvgIpc) is 2.96. The predicted molar refractivity (Wildman–Crippen MR) is 143 cm³/mol. The van der Waals surface area contributed by atoms with E-state index < -0.39 is 22.2 Å². The molecule has 0 saturated heterocycles. The zero-order valence-electron chi connectivity index (χ0n) is 20.6. The third kappa shape index (κ3) is 5.58. The Hall–Kier alpha value is -5.32. The van der Waals surface area contributed by atoms with Crippen molar-refractivity contribution in [2.24, 2.45) is 5.10 Å². The summed E-state index contributed by atoms with van der Waals surface area (Å²) in [4.78, 5) is 28.7. The van der Waals surface area contributed by atoms with Crippen molar-refractivity contribution in [3.05, 3.63) is 134 Å². The molecule has 0 N–H and O–H groups in total. The van der Waals surface area contributed by atoms with Crippen molar-refractivity contribution in [1.29, 1.82) is 0 Å². The molecule has 0 bridgehead atoms. The van der Waals surface area contributed by atoms with Gasteiger partial charge in [0, 0.05) is 23.3 Å². The minimum Gasteiger partial charge on any atom is -0.488 e. The van der Waals surface area contributed by atoms with Crippen LogP contribution in [0, 0.1) is 10.1 Å². The Bertz CT molecular complexity index is 1800. The van der Waals surface area contributed by atoms with Crippen LogP contribution in [0.25, 0.3) is 22.3 Å². The second kappa shape index (κ2) is 10.8. The summed E-state index contributed by atoms with van der Waals surface area (Å²) in [5.74, 6) is 0.115. The Labute approximate surface area is 224 Å². The summed E-state index contributed by atoms with van der Waals surface area (Å²) < 4.78 is 47.1. The van der Waals surface area contributed by atoms with Crippen LogP contribution in [0.2, 0.25) is 0 Å². The van der Waals surface area contributed by atoms with Crippen molar-refractivity contribution in [2.45, 2.75) is 12.8 Å². The molecule has 0 radical (unpaired) electrons. The number of hydrogen-bond donors (Lipinski definition) is 0. The average molecular weight is 544 g/mol. The number of nitrogens with zero attached hydrogens (tertiary/aromatic N) is 4. The van der Waals surface area contributed by atoms with Gasteiger partial charge in [0.1, 0.15) is 12.4 Å². The predicted octanol–water partition coefficient (Wildman–Crippen LogP) is 6.45. The first kappa shape index (κ1) is 26.3. The maximum atomic E-state index is 13.4. The molecule has 1 aromatic heterocycles. The Morgan fingerprint density at radius 3 is 2.45 bits per heavy atom. The van der Waals surface area contributed by atoms with Gasteiger partial charge in [0.05, 0.1) is 27.6 Å². The second-order valence-electron chi connectivity index (χ2n) is 8.65. The Morgan fingerprint density at radius 2 is 1.70 bits per heavy atom. The van der Waals surface area contributed by atoms with Crippen LogP contribution in [0.3, 0.4) is 0 Å². The minimum atomic E-state index is -4.62. The van der Waals surface area contributed by atoms with E-state index in [0.29, 0.717) is 0 Å². The number of non-ortho nitro benzene ring substituents is 1. The fourth-order valence-corrected chi connectivity index (χ4v) is 3.99. The summed E-state index contributed by atoms with van der Waals surface area (Å²) in [5.41, 5.74) is -0.478. The number of fused-ring (bicyclic) bond motifs is 1. The first-order valence-electron chi connectivity index (χ1n) is 11.9. The quantitative estimate of drug-likeness (QED) is 0.133. The molecule has 1 heterocycles. The maximum absolute atomic E-state index is 13.4. The number of hydrogen-bond acceptors (Lipinski definition) is 6. The molecule has 0 atom stereocenters. The highest BCUT2D eigenvalue weighted by atomic mass is 19.4. The molecule has 0 aliphatic carbocycles. The van der Waals surface area contributed by atoms with Gasteiger partial charge in [0.2, 0.25) is 0 Å². The van der Waals surface area contributed by atoms with Gasteiger partial charge in [-0.25, -0.2) is 4.98 Å². The smallest absolute Gasteiger partial charge is 0.416 e. The third-order valence-corrected chi connectivity index (χ3v) is 5.96. The van der Waals surface area contributed by atoms with Crippen molar-refractivity contribution in [3.63, 3.8) is 0 Å². The zero-order chi connectivity index (χ0) is 28.3. The lowest BCUT2D eigenvalue weighted by Crippen LogP contribution is -2.20. The fourth-order valence-electron chi connectivity index (χ4n) is 3.99. The number of para-hydroxylation sites is 1. The monoisotopic (exact) mass is 544 g/mol. The van der Waals surface area contributed by atoms with Gasteiger partial charge in [0.25, 0.3) is 11.2 Å². The van der Waals surface area contributed by atoms with Crippen LogP contribution >= 0.6 is 0 Å². The van der Waals surface area contributed by atoms with Crippen molar-refractivity contribution in [2.75, 3.05) is 0 Å². The lowest BCUT2D eigenvalue weighted by molar-refractivity contribution is -0.384. The number of aromatic nitrogens is 2. The molecule has 11 heteroatoms. The summed E-state index contributed by atoms with van der Waals surface area (Å²) in [7, 11) is 0. The lowest BCUT2D eigenvalue weighted by Gasteiger charge is -2.12. The number of benzene rings is 4. The fraction of sp³-hybridized carbons (Fsp3) is 0.0690. The van der Waals surface area contributed by atoms with Crippen LogP contribution in [0.5, 0.6) is 5.75 Å². The van der Waals surface area contributed by atoms with Crippen LogP contribution < -0.4 is 10.3 Å². The van der Waals surface area contributed by atoms with E-state index in [2.05, 4.69) is 10.1 Å². The molecule has 5 aromatic rings. The van der Waals surface area contributed by atoms with Crippen LogP contribution in [0.4, 0.5) is 18.9 Å². The summed E-state index contributed by atoms with van der Waals surface area (Å²) in [6.45, 7) is 0.159. The first-order valence-corrected chi connectivity index (χ1v) is 11.9. The second-order valence-corrected chi connectivity index (χ2v) is 8.65. The number of nitro benzene ring substituents is 1. The summed E-state index contributed by atoms with van der Waals surface area (Å²) in [6, 6.07) is 23.9. The molecule has 40 heavy (non-hydrogen) atoms. The number of rotatable bonds is 7. The summed E-state index contributed by atoms with van der Waals surface area (Å²) in [6.07, 6.45) is -3.43. The highest BCUT2D eigenvalue weighted by Gasteiger charge is 2.31. The van der Waals surface area contributed by atoms with Crippen molar-refractivity contribution in [1.82, 2.24) is 9.66 Å². The molecule has 5 rings (SSSR count). The molecule has 0 amide bonds. The van der Waals surface area contributed by atoms with E-state index in [1.807, 2.05) is 30.3 Å². The van der Waals surface area contributed by atoms with Gasteiger partial charge in [-0.3, -0.25) is 14.9 Å². The Morgan fingerprint density at radius 1 is 0.950 bits per heavy atom. The van der Waals surface area contributed by atoms with E-state index in [9.17, 15) is 28.1 Å². The molecule has 8 nitrogen and oxygen atoms in total. The molecule has 0 saturated carbocycles. The van der Waals surface area contributed by atoms with E-state index >= 15 is 0 Å². The molecule has 0 aliphatic heterocycles. The highest BCUT2D eigenvalue weighted by molar-refractivity contribution is 5.85. The Balaban J connectivity index is 1.63. The molecule has 0 unspecified atom stereocenters. The van der Waals surface area contributed by atoms with Crippen LogP contribution in [0.1, 0.15) is 16.7 Å². The van der Waals surface area contributed by atoms with Crippen LogP contribution in [-0.2, 0) is 12.8 Å². The summed E-state index contributed by atoms with van der Waals surface area (Å²) >= 11 is 0. The molecular formula is C29H19F3N4O4. The molecule has 0 aliphatic rings. The lowest BCUT2D eigenvalue weighted by atomic mass is 10.1. The highest BCUT2D eigenvalue weighted by Crippen LogP contribution is 2.32. The van der Waals surface area contributed by atoms with Gasteiger partial charge in [-0.15, -0.1) is 0 Å². The number of halogens is 3. The SMILES string of the molecule is O=c1c2ccccc2nc(-c2cccc(C(F)(F)F)c2)n1N=Cc1cc([N+](=O)[O-])ccc1OCc1ccccc1. The van der Waals surface area contributed by atoms with Crippen molar-refractivity contribution < 1.29 is 22.8 Å². The minimum absolute atomic E-state index is 0.00872. The standard InChI is InChI=1S/C29H19F3N4O4/c30-29(31,32)22-10-6-9-20(15-22)27-34-25-12-5-4-11-24(25)28(37)35(27)33-17-21-16-23(36(38)39)13-14-26(21)40-18-19-7-2-1-3-8-19/h1-17H,18H2. The van der Waals surface area contributed by atoms with E-state index in [1.165, 1.54) is 42.6 Å². The zero-order valence-corrected chi connectivity index (χ0v) is 20.6. The van der Waals surface area contributed by atoms with Gasteiger partial charge in [0.15, 0.2) is 5.82 Å². The molecule has 4 aromatic carbocycles. The van der Waals surface area contributed by atoms with E-state index in [1.54, 1.807) is 18.2 Å². The van der Waals surface area contributed by atoms with Gasteiger partial charge in [-0.05, 0) is 35.9 Å². The van der Waals surface area contributed by atoms with E-state index in [4.69, 9.17) is 4.74 Å². The number of alkyl halides is 3. The third-order valence-electron chi connectivity index (χ3n) is 5.96. The van der Waals surface area contributed by atoms with Crippen LogP contribution in [0.15, 0.2) is 107 Å². The Kier molecular flexibility index (Phi) is 7.11. The van der Waals surface area contributed by atoms with Gasteiger partial charge in [-0.2, -0.15) is 22.9 Å². The maximum Gasteiger partial charge on any atom is 0.416 e. The van der Waals surface area contributed by atoms with Crippen LogP contribution in [-0.4, -0.2) is 20.8 Å². The molecule has 0 fully saturated rings. The van der Waals surface area contributed by atoms with E-state index in [0.717, 1.165) is 22.4 Å². The molecular weight excluding hydrogens is 525 g/mol. The largest absolute Gasteiger partial charge is 0.488 e. The van der Waals surface area contributed by atoms with E-state index in [-0.39, 0.29) is 45.9 Å². The van der Waals surface area contributed by atoms with Crippen molar-refractivity contribution in [3.8, 4) is 17.1 Å². The number of nitro groups is 1. The topological polar surface area (TPSA) is 99.6 Å². The van der Waals surface area contributed by atoms with Gasteiger partial charge < -0.3 is 4.74 Å². The summed E-state index contributed by atoms with van der Waals surface area (Å²) in [5, 5.41) is 15.9. The first-order chi connectivity index (χ1) is 19.2. The normalized spacial score (nSPS) is 11.7. The molecule has 0 spiro atoms. The number of ether oxygens (including phenoxy) is 1. The van der Waals surface area contributed by atoms with Gasteiger partial charge in [-0.1, -0.05) is 54.6 Å². The molecule has 200 valence electrons.